The number of nitrogen functional groups attached to an aromatic ring is 1. The quantitative estimate of drug-likeness (QED) is 0.712. The fourth-order valence-corrected chi connectivity index (χ4v) is 2.28. The number of aryl methyl sites for hydroxylation is 1. The molecule has 0 aromatic heterocycles. The third-order valence-corrected chi connectivity index (χ3v) is 3.69. The average Bonchev–Trinajstić information content (AvgIpc) is 2.54. The number of carbonyl (C=O) groups is 1. The second-order valence-corrected chi connectivity index (χ2v) is 6.35. The van der Waals surface area contributed by atoms with Crippen LogP contribution < -0.4 is 15.8 Å². The van der Waals surface area contributed by atoms with Gasteiger partial charge in [-0.2, -0.15) is 0 Å². The van der Waals surface area contributed by atoms with Crippen LogP contribution in [0.15, 0.2) is 48.5 Å². The van der Waals surface area contributed by atoms with Crippen LogP contribution in [0.2, 0.25) is 0 Å². The van der Waals surface area contributed by atoms with Crippen molar-refractivity contribution in [2.75, 3.05) is 17.7 Å². The van der Waals surface area contributed by atoms with Crippen molar-refractivity contribution in [2.45, 2.75) is 33.1 Å². The lowest BCUT2D eigenvalue weighted by Gasteiger charge is -2.09. The maximum Gasteiger partial charge on any atom is 0.224 e. The smallest absolute Gasteiger partial charge is 0.224 e. The first-order valence-corrected chi connectivity index (χ1v) is 8.40. The highest BCUT2D eigenvalue weighted by Gasteiger charge is 2.04. The number of hydrogen-bond donors (Lipinski definition) is 2. The number of rotatable bonds is 8. The Morgan fingerprint density at radius 2 is 1.92 bits per heavy atom. The van der Waals surface area contributed by atoms with Crippen LogP contribution in [0, 0.1) is 5.92 Å². The molecule has 128 valence electrons. The summed E-state index contributed by atoms with van der Waals surface area (Å²) in [5.41, 5.74) is 8.31. The van der Waals surface area contributed by atoms with E-state index in [-0.39, 0.29) is 5.91 Å². The van der Waals surface area contributed by atoms with E-state index in [2.05, 4.69) is 19.2 Å². The molecule has 3 N–H and O–H groups in total. The van der Waals surface area contributed by atoms with Gasteiger partial charge in [-0.15, -0.1) is 0 Å². The first kappa shape index (κ1) is 17.9. The van der Waals surface area contributed by atoms with Gasteiger partial charge >= 0.3 is 0 Å². The van der Waals surface area contributed by atoms with Crippen molar-refractivity contribution < 1.29 is 9.53 Å². The van der Waals surface area contributed by atoms with Crippen LogP contribution >= 0.6 is 0 Å². The van der Waals surface area contributed by atoms with Crippen molar-refractivity contribution in [3.05, 3.63) is 54.1 Å². The fourth-order valence-electron chi connectivity index (χ4n) is 2.28. The van der Waals surface area contributed by atoms with Gasteiger partial charge in [-0.25, -0.2) is 0 Å². The van der Waals surface area contributed by atoms with Crippen molar-refractivity contribution in [3.63, 3.8) is 0 Å². The molecule has 0 fully saturated rings. The summed E-state index contributed by atoms with van der Waals surface area (Å²) in [5, 5.41) is 2.90. The largest absolute Gasteiger partial charge is 0.494 e. The summed E-state index contributed by atoms with van der Waals surface area (Å²) in [6.07, 6.45) is 2.13. The van der Waals surface area contributed by atoms with Crippen LogP contribution in [0.4, 0.5) is 11.4 Å². The zero-order valence-corrected chi connectivity index (χ0v) is 14.4. The highest BCUT2D eigenvalue weighted by Crippen LogP contribution is 2.17. The van der Waals surface area contributed by atoms with Crippen molar-refractivity contribution >= 4 is 17.3 Å². The SMILES string of the molecule is CC(C)CCOc1ccc(NC(=O)CCc2cccc(N)c2)cc1. The monoisotopic (exact) mass is 326 g/mol. The Balaban J connectivity index is 1.77. The molecule has 0 radical (unpaired) electrons. The summed E-state index contributed by atoms with van der Waals surface area (Å²) in [4.78, 5) is 12.0. The summed E-state index contributed by atoms with van der Waals surface area (Å²) >= 11 is 0. The Hall–Kier alpha value is -2.49. The molecule has 4 heteroatoms. The highest BCUT2D eigenvalue weighted by atomic mass is 16.5. The Kier molecular flexibility index (Phi) is 6.67. The second-order valence-electron chi connectivity index (χ2n) is 6.35. The molecular weight excluding hydrogens is 300 g/mol. The van der Waals surface area contributed by atoms with Gasteiger partial charge in [0.05, 0.1) is 6.61 Å². The Labute approximate surface area is 144 Å². The maximum atomic E-state index is 12.0. The normalized spacial score (nSPS) is 10.6. The summed E-state index contributed by atoms with van der Waals surface area (Å²) < 4.78 is 5.67. The van der Waals surface area contributed by atoms with Gasteiger partial charge in [-0.1, -0.05) is 26.0 Å². The van der Waals surface area contributed by atoms with E-state index in [1.807, 2.05) is 48.5 Å². The molecule has 0 unspecified atom stereocenters. The molecule has 0 saturated heterocycles. The van der Waals surface area contributed by atoms with E-state index in [1.165, 1.54) is 0 Å². The predicted molar refractivity (Wildman–Crippen MR) is 99.2 cm³/mol. The number of ether oxygens (including phenoxy) is 1. The predicted octanol–water partition coefficient (Wildman–Crippen LogP) is 4.27. The first-order valence-electron chi connectivity index (χ1n) is 8.40. The van der Waals surface area contributed by atoms with Gasteiger partial charge in [0.15, 0.2) is 0 Å². The fraction of sp³-hybridized carbons (Fsp3) is 0.350. The molecule has 0 atom stereocenters. The van der Waals surface area contributed by atoms with E-state index < -0.39 is 0 Å². The molecule has 0 bridgehead atoms. The van der Waals surface area contributed by atoms with Crippen LogP contribution in [0.5, 0.6) is 5.75 Å². The number of benzene rings is 2. The number of hydrogen-bond acceptors (Lipinski definition) is 3. The summed E-state index contributed by atoms with van der Waals surface area (Å²) in [6, 6.07) is 15.1. The first-order chi connectivity index (χ1) is 11.5. The average molecular weight is 326 g/mol. The Morgan fingerprint density at radius 3 is 2.58 bits per heavy atom. The third-order valence-electron chi connectivity index (χ3n) is 3.69. The molecule has 2 aromatic rings. The minimum atomic E-state index is -0.00843. The van der Waals surface area contributed by atoms with E-state index in [0.29, 0.717) is 25.4 Å². The van der Waals surface area contributed by atoms with Crippen molar-refractivity contribution in [3.8, 4) is 5.75 Å². The van der Waals surface area contributed by atoms with Gasteiger partial charge in [0, 0.05) is 17.8 Å². The standard InChI is InChI=1S/C20H26N2O2/c1-15(2)12-13-24-19-9-7-18(8-10-19)22-20(23)11-6-16-4-3-5-17(21)14-16/h3-5,7-10,14-15H,6,11-13,21H2,1-2H3,(H,22,23). The van der Waals surface area contributed by atoms with Crippen LogP contribution in [0.25, 0.3) is 0 Å². The zero-order valence-electron chi connectivity index (χ0n) is 14.4. The zero-order chi connectivity index (χ0) is 17.4. The van der Waals surface area contributed by atoms with Crippen molar-refractivity contribution in [2.24, 2.45) is 5.92 Å². The van der Waals surface area contributed by atoms with Gasteiger partial charge in [0.25, 0.3) is 0 Å². The van der Waals surface area contributed by atoms with Crippen LogP contribution in [0.3, 0.4) is 0 Å². The van der Waals surface area contributed by atoms with Gasteiger partial charge in [0.2, 0.25) is 5.91 Å². The molecule has 0 aliphatic carbocycles. The number of nitrogens with two attached hydrogens (primary N) is 1. The number of nitrogens with one attached hydrogen (secondary N) is 1. The number of anilines is 2. The summed E-state index contributed by atoms with van der Waals surface area (Å²) in [5.74, 6) is 1.45. The molecule has 2 aromatic carbocycles. The van der Waals surface area contributed by atoms with Gasteiger partial charge in [-0.3, -0.25) is 4.79 Å². The van der Waals surface area contributed by atoms with E-state index in [0.717, 1.165) is 29.1 Å². The molecular formula is C20H26N2O2. The van der Waals surface area contributed by atoms with Gasteiger partial charge < -0.3 is 15.8 Å². The minimum absolute atomic E-state index is 0.00843. The molecule has 4 nitrogen and oxygen atoms in total. The van der Waals surface area contributed by atoms with E-state index >= 15 is 0 Å². The molecule has 0 spiro atoms. The minimum Gasteiger partial charge on any atom is -0.494 e. The Morgan fingerprint density at radius 1 is 1.17 bits per heavy atom. The lowest BCUT2D eigenvalue weighted by molar-refractivity contribution is -0.116. The van der Waals surface area contributed by atoms with E-state index in [4.69, 9.17) is 10.5 Å². The van der Waals surface area contributed by atoms with Crippen LogP contribution in [0.1, 0.15) is 32.3 Å². The lowest BCUT2D eigenvalue weighted by Crippen LogP contribution is -2.12. The number of amides is 1. The van der Waals surface area contributed by atoms with Crippen molar-refractivity contribution in [1.82, 2.24) is 0 Å². The molecule has 0 aliphatic rings. The molecule has 0 heterocycles. The van der Waals surface area contributed by atoms with Crippen LogP contribution in [-0.4, -0.2) is 12.5 Å². The second kappa shape index (κ2) is 8.96. The highest BCUT2D eigenvalue weighted by molar-refractivity contribution is 5.90. The van der Waals surface area contributed by atoms with E-state index in [1.54, 1.807) is 0 Å². The molecule has 0 saturated carbocycles. The van der Waals surface area contributed by atoms with Gasteiger partial charge in [0.1, 0.15) is 5.75 Å². The van der Waals surface area contributed by atoms with E-state index in [9.17, 15) is 4.79 Å². The Bertz CT molecular complexity index is 651. The summed E-state index contributed by atoms with van der Waals surface area (Å²) in [6.45, 7) is 5.06. The van der Waals surface area contributed by atoms with Gasteiger partial charge in [-0.05, 0) is 60.7 Å². The molecule has 1 amide bonds. The van der Waals surface area contributed by atoms with Crippen molar-refractivity contribution in [1.29, 1.82) is 0 Å². The molecule has 24 heavy (non-hydrogen) atoms. The maximum absolute atomic E-state index is 12.0. The third kappa shape index (κ3) is 6.32. The topological polar surface area (TPSA) is 64.3 Å². The molecule has 0 aliphatic heterocycles. The molecule has 2 rings (SSSR count). The summed E-state index contributed by atoms with van der Waals surface area (Å²) in [7, 11) is 0. The number of carbonyl (C=O) groups excluding carboxylic acids is 1. The van der Waals surface area contributed by atoms with Crippen LogP contribution in [-0.2, 0) is 11.2 Å². The lowest BCUT2D eigenvalue weighted by atomic mass is 10.1.